The molecule has 3 aliphatic carbocycles. The van der Waals surface area contributed by atoms with Crippen LogP contribution in [0.15, 0.2) is 0 Å². The fourth-order valence-corrected chi connectivity index (χ4v) is 5.64. The van der Waals surface area contributed by atoms with Crippen molar-refractivity contribution in [2.75, 3.05) is 6.54 Å². The molecule has 1 aliphatic heterocycles. The van der Waals surface area contributed by atoms with Gasteiger partial charge in [0.2, 0.25) is 0 Å². The molecule has 4 fully saturated rings. The van der Waals surface area contributed by atoms with Crippen molar-refractivity contribution in [2.45, 2.75) is 55.6 Å². The van der Waals surface area contributed by atoms with Gasteiger partial charge in [0.15, 0.2) is 0 Å². The summed E-state index contributed by atoms with van der Waals surface area (Å²) in [7, 11) is 0. The highest BCUT2D eigenvalue weighted by molar-refractivity contribution is 8.01. The van der Waals surface area contributed by atoms with Gasteiger partial charge in [-0.2, -0.15) is 0 Å². The van der Waals surface area contributed by atoms with Gasteiger partial charge in [0.25, 0.3) is 0 Å². The van der Waals surface area contributed by atoms with Crippen LogP contribution in [0.25, 0.3) is 0 Å². The largest absolute Gasteiger partial charge is 0.303 e. The Morgan fingerprint density at radius 1 is 1.14 bits per heavy atom. The van der Waals surface area contributed by atoms with Crippen molar-refractivity contribution in [1.29, 1.82) is 0 Å². The summed E-state index contributed by atoms with van der Waals surface area (Å²) in [6.45, 7) is 3.67. The smallest absolute Gasteiger partial charge is 0.0679 e. The van der Waals surface area contributed by atoms with Crippen LogP contribution in [-0.2, 0) is 0 Å². The van der Waals surface area contributed by atoms with Crippen molar-refractivity contribution in [3.8, 4) is 0 Å². The molecule has 14 heavy (non-hydrogen) atoms. The molecule has 2 atom stereocenters. The molecule has 1 heterocycles. The predicted octanol–water partition coefficient (Wildman–Crippen LogP) is 3.01. The van der Waals surface area contributed by atoms with Crippen molar-refractivity contribution in [3.63, 3.8) is 0 Å². The van der Waals surface area contributed by atoms with E-state index in [4.69, 9.17) is 0 Å². The molecule has 1 saturated heterocycles. The molecule has 1 N–H and O–H groups in total. The number of hydrogen-bond acceptors (Lipinski definition) is 2. The van der Waals surface area contributed by atoms with E-state index in [1.165, 1.54) is 45.1 Å². The average molecular weight is 211 g/mol. The highest BCUT2D eigenvalue weighted by Gasteiger charge is 2.49. The van der Waals surface area contributed by atoms with Crippen LogP contribution in [0.1, 0.15) is 45.4 Å². The van der Waals surface area contributed by atoms with E-state index in [0.29, 0.717) is 4.87 Å². The predicted molar refractivity (Wildman–Crippen MR) is 62.5 cm³/mol. The summed E-state index contributed by atoms with van der Waals surface area (Å²) < 4.78 is 0. The summed E-state index contributed by atoms with van der Waals surface area (Å²) in [6, 6.07) is 0. The first kappa shape index (κ1) is 9.53. The van der Waals surface area contributed by atoms with E-state index in [2.05, 4.69) is 24.0 Å². The molecule has 0 aromatic carbocycles. The molecule has 4 aliphatic rings. The monoisotopic (exact) mass is 211 g/mol. The van der Waals surface area contributed by atoms with E-state index in [-0.39, 0.29) is 0 Å². The van der Waals surface area contributed by atoms with Crippen LogP contribution in [0.2, 0.25) is 0 Å². The summed E-state index contributed by atoms with van der Waals surface area (Å²) in [5.41, 5.74) is 0. The SMILES string of the molecule is CC1CCNC2(CC3CCC2CC3)S1. The molecule has 0 aromatic heterocycles. The zero-order valence-corrected chi connectivity index (χ0v) is 9.91. The molecule has 4 rings (SSSR count). The van der Waals surface area contributed by atoms with Crippen LogP contribution in [0.5, 0.6) is 0 Å². The molecule has 80 valence electrons. The Bertz CT molecular complexity index is 218. The second kappa shape index (κ2) is 3.41. The standard InChI is InChI=1S/C12H21NS/c1-9-6-7-13-12(14-9)8-10-2-4-11(12)5-3-10/h9-11,13H,2-8H2,1H3. The summed E-state index contributed by atoms with van der Waals surface area (Å²) in [5, 5.41) is 4.74. The second-order valence-electron chi connectivity index (χ2n) is 5.46. The minimum atomic E-state index is 0.513. The molecule has 2 bridgehead atoms. The first-order valence-electron chi connectivity index (χ1n) is 6.21. The number of nitrogens with one attached hydrogen (secondary N) is 1. The van der Waals surface area contributed by atoms with Crippen molar-refractivity contribution in [1.82, 2.24) is 5.32 Å². The fourth-order valence-electron chi connectivity index (χ4n) is 3.74. The minimum absolute atomic E-state index is 0.513. The van der Waals surface area contributed by atoms with E-state index in [1.807, 2.05) is 0 Å². The third kappa shape index (κ3) is 1.42. The van der Waals surface area contributed by atoms with E-state index in [1.54, 1.807) is 0 Å². The van der Waals surface area contributed by atoms with Gasteiger partial charge in [-0.25, -0.2) is 0 Å². The Morgan fingerprint density at radius 3 is 2.50 bits per heavy atom. The van der Waals surface area contributed by atoms with Gasteiger partial charge in [-0.15, -0.1) is 11.8 Å². The van der Waals surface area contributed by atoms with Crippen LogP contribution in [0.3, 0.4) is 0 Å². The maximum atomic E-state index is 3.86. The van der Waals surface area contributed by atoms with Gasteiger partial charge >= 0.3 is 0 Å². The normalized spacial score (nSPS) is 52.5. The number of thioether (sulfide) groups is 1. The number of fused-ring (bicyclic) bond motifs is 2. The highest BCUT2D eigenvalue weighted by Crippen LogP contribution is 2.54. The lowest BCUT2D eigenvalue weighted by atomic mass is 9.67. The Balaban J connectivity index is 1.81. The molecule has 2 unspecified atom stereocenters. The Kier molecular flexibility index (Phi) is 2.32. The van der Waals surface area contributed by atoms with E-state index < -0.39 is 0 Å². The summed E-state index contributed by atoms with van der Waals surface area (Å²) in [4.78, 5) is 0.513. The van der Waals surface area contributed by atoms with Gasteiger partial charge < -0.3 is 5.32 Å². The molecule has 0 aromatic rings. The number of hydrogen-bond donors (Lipinski definition) is 1. The van der Waals surface area contributed by atoms with Crippen LogP contribution in [0, 0.1) is 11.8 Å². The van der Waals surface area contributed by atoms with Crippen molar-refractivity contribution in [3.05, 3.63) is 0 Å². The summed E-state index contributed by atoms with van der Waals surface area (Å²) >= 11 is 2.26. The quantitative estimate of drug-likeness (QED) is 0.661. The van der Waals surface area contributed by atoms with Gasteiger partial charge in [-0.05, 0) is 56.9 Å². The maximum absolute atomic E-state index is 3.86. The van der Waals surface area contributed by atoms with Crippen LogP contribution in [0.4, 0.5) is 0 Å². The molecule has 2 heteroatoms. The average Bonchev–Trinajstić information content (AvgIpc) is 2.18. The number of rotatable bonds is 0. The van der Waals surface area contributed by atoms with Gasteiger partial charge in [-0.3, -0.25) is 0 Å². The topological polar surface area (TPSA) is 12.0 Å². The molecule has 1 nitrogen and oxygen atoms in total. The molecule has 0 amide bonds. The lowest BCUT2D eigenvalue weighted by molar-refractivity contribution is 0.0989. The lowest BCUT2D eigenvalue weighted by Crippen LogP contribution is -2.58. The van der Waals surface area contributed by atoms with E-state index in [9.17, 15) is 0 Å². The third-order valence-electron chi connectivity index (χ3n) is 4.48. The minimum Gasteiger partial charge on any atom is -0.303 e. The lowest BCUT2D eigenvalue weighted by Gasteiger charge is -2.54. The third-order valence-corrected chi connectivity index (χ3v) is 6.19. The van der Waals surface area contributed by atoms with Crippen molar-refractivity contribution < 1.29 is 0 Å². The molecule has 1 spiro atoms. The second-order valence-corrected chi connectivity index (χ2v) is 7.22. The Hall–Kier alpha value is 0.310. The zero-order chi connectivity index (χ0) is 9.60. The first-order chi connectivity index (χ1) is 6.78. The highest BCUT2D eigenvalue weighted by atomic mass is 32.2. The molecular formula is C12H21NS. The molecule has 3 saturated carbocycles. The Labute approximate surface area is 91.4 Å². The van der Waals surface area contributed by atoms with E-state index >= 15 is 0 Å². The maximum Gasteiger partial charge on any atom is 0.0679 e. The van der Waals surface area contributed by atoms with Gasteiger partial charge in [-0.1, -0.05) is 6.92 Å². The van der Waals surface area contributed by atoms with Gasteiger partial charge in [0.1, 0.15) is 0 Å². The van der Waals surface area contributed by atoms with Crippen LogP contribution >= 0.6 is 11.8 Å². The van der Waals surface area contributed by atoms with E-state index in [0.717, 1.165) is 17.1 Å². The molecular weight excluding hydrogens is 190 g/mol. The van der Waals surface area contributed by atoms with Crippen LogP contribution in [-0.4, -0.2) is 16.7 Å². The van der Waals surface area contributed by atoms with Crippen molar-refractivity contribution in [2.24, 2.45) is 11.8 Å². The zero-order valence-electron chi connectivity index (χ0n) is 9.09. The first-order valence-corrected chi connectivity index (χ1v) is 7.09. The van der Waals surface area contributed by atoms with Gasteiger partial charge in [0.05, 0.1) is 4.87 Å². The fraction of sp³-hybridized carbons (Fsp3) is 1.00. The van der Waals surface area contributed by atoms with Gasteiger partial charge in [0, 0.05) is 5.25 Å². The molecule has 0 radical (unpaired) electrons. The van der Waals surface area contributed by atoms with Crippen LogP contribution < -0.4 is 5.32 Å². The summed E-state index contributed by atoms with van der Waals surface area (Å²) in [6.07, 6.45) is 8.86. The summed E-state index contributed by atoms with van der Waals surface area (Å²) in [5.74, 6) is 2.03. The Morgan fingerprint density at radius 2 is 1.93 bits per heavy atom. The van der Waals surface area contributed by atoms with Crippen molar-refractivity contribution >= 4 is 11.8 Å².